The van der Waals surface area contributed by atoms with Crippen molar-refractivity contribution in [3.63, 3.8) is 0 Å². The van der Waals surface area contributed by atoms with Crippen molar-refractivity contribution in [1.82, 2.24) is 5.32 Å². The van der Waals surface area contributed by atoms with Crippen LogP contribution in [0.5, 0.6) is 0 Å². The van der Waals surface area contributed by atoms with E-state index in [0.717, 1.165) is 17.1 Å². The predicted molar refractivity (Wildman–Crippen MR) is 69.6 cm³/mol. The van der Waals surface area contributed by atoms with Crippen molar-refractivity contribution in [1.29, 1.82) is 0 Å². The Bertz CT molecular complexity index is 428. The van der Waals surface area contributed by atoms with Crippen LogP contribution in [-0.4, -0.2) is 12.8 Å². The maximum absolute atomic E-state index is 5.81. The highest BCUT2D eigenvalue weighted by molar-refractivity contribution is 6.00. The van der Waals surface area contributed by atoms with E-state index in [9.17, 15) is 0 Å². The van der Waals surface area contributed by atoms with Crippen LogP contribution >= 0.6 is 0 Å². The summed E-state index contributed by atoms with van der Waals surface area (Å²) in [6, 6.07) is 7.48. The van der Waals surface area contributed by atoms with E-state index in [-0.39, 0.29) is 0 Å². The van der Waals surface area contributed by atoms with Gasteiger partial charge in [-0.1, -0.05) is 12.1 Å². The lowest BCUT2D eigenvalue weighted by Crippen LogP contribution is -2.18. The first kappa shape index (κ1) is 12.1. The number of hydrogen-bond acceptors (Lipinski definition) is 4. The third kappa shape index (κ3) is 2.76. The third-order valence-electron chi connectivity index (χ3n) is 2.23. The Kier molecular flexibility index (Phi) is 3.94. The standard InChI is InChI=1S/C12H18N4/c1-8(13)12(15-3)9(2)16-11-7-5-4-6-10(11)14/h4-7,15H,13-14H2,1-3H3. The van der Waals surface area contributed by atoms with Gasteiger partial charge >= 0.3 is 0 Å². The number of benzene rings is 1. The van der Waals surface area contributed by atoms with Gasteiger partial charge in [-0.05, 0) is 26.0 Å². The van der Waals surface area contributed by atoms with E-state index in [0.29, 0.717) is 11.4 Å². The number of nitrogens with zero attached hydrogens (tertiary/aromatic N) is 1. The van der Waals surface area contributed by atoms with Gasteiger partial charge in [0.25, 0.3) is 0 Å². The molecule has 16 heavy (non-hydrogen) atoms. The molecule has 4 nitrogen and oxygen atoms in total. The van der Waals surface area contributed by atoms with E-state index in [1.807, 2.05) is 45.2 Å². The minimum Gasteiger partial charge on any atom is -0.401 e. The summed E-state index contributed by atoms with van der Waals surface area (Å²) in [7, 11) is 1.82. The van der Waals surface area contributed by atoms with Crippen molar-refractivity contribution < 1.29 is 0 Å². The monoisotopic (exact) mass is 218 g/mol. The summed E-state index contributed by atoms with van der Waals surface area (Å²) in [5.74, 6) is 0. The van der Waals surface area contributed by atoms with Gasteiger partial charge in [-0.3, -0.25) is 0 Å². The molecule has 0 fully saturated rings. The van der Waals surface area contributed by atoms with Gasteiger partial charge < -0.3 is 16.8 Å². The van der Waals surface area contributed by atoms with Crippen LogP contribution < -0.4 is 16.8 Å². The van der Waals surface area contributed by atoms with Crippen molar-refractivity contribution in [3.8, 4) is 0 Å². The second kappa shape index (κ2) is 5.21. The number of nitrogens with two attached hydrogens (primary N) is 2. The Hall–Kier alpha value is -1.97. The van der Waals surface area contributed by atoms with Crippen LogP contribution in [0.2, 0.25) is 0 Å². The Labute approximate surface area is 96.1 Å². The van der Waals surface area contributed by atoms with Crippen LogP contribution in [0, 0.1) is 0 Å². The fourth-order valence-corrected chi connectivity index (χ4v) is 1.49. The molecule has 0 aromatic heterocycles. The number of allylic oxidation sites excluding steroid dienone is 2. The van der Waals surface area contributed by atoms with Gasteiger partial charge in [-0.15, -0.1) is 0 Å². The van der Waals surface area contributed by atoms with Crippen LogP contribution in [0.15, 0.2) is 40.7 Å². The normalized spacial score (nSPS) is 13.3. The van der Waals surface area contributed by atoms with E-state index in [1.54, 1.807) is 0 Å². The molecule has 0 bridgehead atoms. The lowest BCUT2D eigenvalue weighted by atomic mass is 10.2. The molecule has 0 radical (unpaired) electrons. The fourth-order valence-electron chi connectivity index (χ4n) is 1.49. The highest BCUT2D eigenvalue weighted by atomic mass is 14.9. The molecule has 0 aliphatic carbocycles. The molecule has 0 unspecified atom stereocenters. The van der Waals surface area contributed by atoms with Gasteiger partial charge in [0.15, 0.2) is 0 Å². The van der Waals surface area contributed by atoms with Crippen molar-refractivity contribution in [2.24, 2.45) is 10.7 Å². The molecule has 0 amide bonds. The Balaban J connectivity index is 3.11. The van der Waals surface area contributed by atoms with E-state index < -0.39 is 0 Å². The molecule has 1 rings (SSSR count). The van der Waals surface area contributed by atoms with Gasteiger partial charge in [-0.2, -0.15) is 0 Å². The van der Waals surface area contributed by atoms with Crippen LogP contribution in [-0.2, 0) is 0 Å². The molecule has 4 heteroatoms. The highest BCUT2D eigenvalue weighted by Gasteiger charge is 2.03. The van der Waals surface area contributed by atoms with Crippen molar-refractivity contribution in [2.45, 2.75) is 13.8 Å². The largest absolute Gasteiger partial charge is 0.401 e. The zero-order valence-electron chi connectivity index (χ0n) is 9.91. The Morgan fingerprint density at radius 3 is 2.38 bits per heavy atom. The number of para-hydroxylation sites is 2. The summed E-state index contributed by atoms with van der Waals surface area (Å²) >= 11 is 0. The first-order valence-electron chi connectivity index (χ1n) is 5.10. The molecule has 1 aromatic carbocycles. The first-order valence-corrected chi connectivity index (χ1v) is 5.10. The fraction of sp³-hybridized carbons (Fsp3) is 0.250. The van der Waals surface area contributed by atoms with Crippen LogP contribution in [0.25, 0.3) is 0 Å². The van der Waals surface area contributed by atoms with Gasteiger partial charge in [0.05, 0.1) is 22.8 Å². The van der Waals surface area contributed by atoms with Gasteiger partial charge in [0.1, 0.15) is 0 Å². The van der Waals surface area contributed by atoms with E-state index in [1.165, 1.54) is 0 Å². The first-order chi connectivity index (χ1) is 7.56. The molecule has 0 aliphatic rings. The van der Waals surface area contributed by atoms with E-state index in [2.05, 4.69) is 10.3 Å². The maximum atomic E-state index is 5.81. The summed E-state index contributed by atoms with van der Waals surface area (Å²) in [6.07, 6.45) is 0. The summed E-state index contributed by atoms with van der Waals surface area (Å²) < 4.78 is 0. The third-order valence-corrected chi connectivity index (χ3v) is 2.23. The second-order valence-corrected chi connectivity index (χ2v) is 3.56. The lowest BCUT2D eigenvalue weighted by molar-refractivity contribution is 1.01. The van der Waals surface area contributed by atoms with Gasteiger partial charge in [0.2, 0.25) is 0 Å². The van der Waals surface area contributed by atoms with Crippen LogP contribution in [0.3, 0.4) is 0 Å². The van der Waals surface area contributed by atoms with Crippen molar-refractivity contribution in [3.05, 3.63) is 35.7 Å². The summed E-state index contributed by atoms with van der Waals surface area (Å²) in [4.78, 5) is 4.44. The molecule has 86 valence electrons. The van der Waals surface area contributed by atoms with Gasteiger partial charge in [0, 0.05) is 12.7 Å². The van der Waals surface area contributed by atoms with Crippen molar-refractivity contribution in [2.75, 3.05) is 12.8 Å². The molecule has 0 heterocycles. The molecular weight excluding hydrogens is 200 g/mol. The molecule has 5 N–H and O–H groups in total. The maximum Gasteiger partial charge on any atom is 0.0862 e. The molecule has 0 atom stereocenters. The molecular formula is C12H18N4. The molecule has 0 spiro atoms. The Morgan fingerprint density at radius 1 is 1.25 bits per heavy atom. The zero-order chi connectivity index (χ0) is 12.1. The summed E-state index contributed by atoms with van der Waals surface area (Å²) in [6.45, 7) is 3.73. The minimum atomic E-state index is 0.659. The van der Waals surface area contributed by atoms with Crippen LogP contribution in [0.4, 0.5) is 11.4 Å². The predicted octanol–water partition coefficient (Wildman–Crippen LogP) is 1.77. The number of hydrogen-bond donors (Lipinski definition) is 3. The number of anilines is 1. The average Bonchev–Trinajstić information content (AvgIpc) is 2.22. The molecule has 0 saturated carbocycles. The SMILES string of the molecule is CNC(C(C)=Nc1ccccc1N)=C(C)N. The van der Waals surface area contributed by atoms with E-state index >= 15 is 0 Å². The van der Waals surface area contributed by atoms with E-state index in [4.69, 9.17) is 11.5 Å². The number of nitrogen functional groups attached to an aromatic ring is 1. The zero-order valence-corrected chi connectivity index (χ0v) is 9.91. The lowest BCUT2D eigenvalue weighted by Gasteiger charge is -2.09. The topological polar surface area (TPSA) is 76.4 Å². The van der Waals surface area contributed by atoms with Gasteiger partial charge in [-0.25, -0.2) is 4.99 Å². The molecule has 1 aromatic rings. The number of aliphatic imine (C=N–C) groups is 1. The average molecular weight is 218 g/mol. The summed E-state index contributed by atoms with van der Waals surface area (Å²) in [5.41, 5.74) is 15.3. The minimum absolute atomic E-state index is 0.659. The molecule has 0 aliphatic heterocycles. The smallest absolute Gasteiger partial charge is 0.0862 e. The van der Waals surface area contributed by atoms with Crippen molar-refractivity contribution >= 4 is 17.1 Å². The van der Waals surface area contributed by atoms with Crippen LogP contribution in [0.1, 0.15) is 13.8 Å². The quantitative estimate of drug-likeness (QED) is 0.534. The second-order valence-electron chi connectivity index (χ2n) is 3.56. The molecule has 0 saturated heterocycles. The summed E-state index contributed by atoms with van der Waals surface area (Å²) in [5, 5.41) is 3.02. The Morgan fingerprint density at radius 2 is 1.88 bits per heavy atom. The number of rotatable bonds is 3. The number of nitrogens with one attached hydrogen (secondary N) is 1. The highest BCUT2D eigenvalue weighted by Crippen LogP contribution is 2.21.